The predicted octanol–water partition coefficient (Wildman–Crippen LogP) is 1.04. The monoisotopic (exact) mass is 346 g/mol. The van der Waals surface area contributed by atoms with E-state index in [-0.39, 0.29) is 17.9 Å². The van der Waals surface area contributed by atoms with Crippen LogP contribution in [0.1, 0.15) is 36.1 Å². The summed E-state index contributed by atoms with van der Waals surface area (Å²) in [5.41, 5.74) is 2.93. The minimum Gasteiger partial charge on any atom is -0.391 e. The quantitative estimate of drug-likeness (QED) is 0.818. The normalized spacial score (nSPS) is 15.6. The molecule has 1 aliphatic rings. The van der Waals surface area contributed by atoms with Crippen molar-refractivity contribution in [2.75, 3.05) is 13.6 Å². The average Bonchev–Trinajstić information content (AvgIpc) is 3.34. The minimum atomic E-state index is -0.437. The molecule has 0 aromatic carbocycles. The van der Waals surface area contributed by atoms with Crippen molar-refractivity contribution in [3.05, 3.63) is 27.2 Å². The Hall–Kier alpha value is -2.15. The van der Waals surface area contributed by atoms with Crippen LogP contribution in [0.2, 0.25) is 0 Å². The second kappa shape index (κ2) is 6.63. The number of fused-ring (bicyclic) bond motifs is 1. The van der Waals surface area contributed by atoms with Crippen LogP contribution in [0, 0.1) is 19.8 Å². The van der Waals surface area contributed by atoms with Gasteiger partial charge in [-0.25, -0.2) is 0 Å². The van der Waals surface area contributed by atoms with Crippen molar-refractivity contribution in [2.45, 2.75) is 45.6 Å². The Balaban J connectivity index is 1.73. The maximum absolute atomic E-state index is 12.4. The zero-order valence-corrected chi connectivity index (χ0v) is 15.3. The smallest absolute Gasteiger partial charge is 0.253 e. The van der Waals surface area contributed by atoms with Gasteiger partial charge in [-0.15, -0.1) is 0 Å². The van der Waals surface area contributed by atoms with Gasteiger partial charge in [0.25, 0.3) is 5.56 Å². The number of nitrogens with one attached hydrogen (secondary N) is 1. The molecule has 1 saturated carbocycles. The Labute approximate surface area is 146 Å². The average molecular weight is 346 g/mol. The van der Waals surface area contributed by atoms with Crippen molar-refractivity contribution in [2.24, 2.45) is 13.0 Å². The number of aryl methyl sites for hydroxylation is 3. The number of amides is 1. The second-order valence-corrected chi connectivity index (χ2v) is 7.17. The number of rotatable bonds is 6. The van der Waals surface area contributed by atoms with Crippen molar-refractivity contribution in [1.82, 2.24) is 19.7 Å². The van der Waals surface area contributed by atoms with Crippen LogP contribution in [0.4, 0.5) is 0 Å². The molecule has 0 aliphatic heterocycles. The van der Waals surface area contributed by atoms with Gasteiger partial charge in [0.2, 0.25) is 5.91 Å². The first-order chi connectivity index (χ1) is 11.8. The summed E-state index contributed by atoms with van der Waals surface area (Å²) >= 11 is 0. The molecule has 0 bridgehead atoms. The van der Waals surface area contributed by atoms with Gasteiger partial charge in [0, 0.05) is 38.0 Å². The third-order valence-electron chi connectivity index (χ3n) is 5.20. The molecule has 1 aliphatic carbocycles. The maximum atomic E-state index is 12.4. The second-order valence-electron chi connectivity index (χ2n) is 7.17. The van der Waals surface area contributed by atoms with Gasteiger partial charge in [-0.05, 0) is 44.6 Å². The van der Waals surface area contributed by atoms with Gasteiger partial charge in [0.05, 0.1) is 11.8 Å². The highest BCUT2D eigenvalue weighted by Gasteiger charge is 2.31. The largest absolute Gasteiger partial charge is 0.391 e. The lowest BCUT2D eigenvalue weighted by molar-refractivity contribution is -0.131. The number of aliphatic hydroxyl groups is 1. The molecule has 1 unspecified atom stereocenters. The first kappa shape index (κ1) is 17.7. The van der Waals surface area contributed by atoms with Crippen LogP contribution in [-0.4, -0.2) is 50.4 Å². The summed E-state index contributed by atoms with van der Waals surface area (Å²) in [6.45, 7) is 4.18. The van der Waals surface area contributed by atoms with Crippen LogP contribution in [0.5, 0.6) is 0 Å². The van der Waals surface area contributed by atoms with E-state index >= 15 is 0 Å². The number of hydrogen-bond donors (Lipinski definition) is 2. The number of H-pyrrole nitrogens is 1. The molecule has 136 valence electrons. The van der Waals surface area contributed by atoms with E-state index < -0.39 is 6.10 Å². The first-order valence-electron chi connectivity index (χ1n) is 8.76. The van der Waals surface area contributed by atoms with Crippen molar-refractivity contribution in [1.29, 1.82) is 0 Å². The third-order valence-corrected chi connectivity index (χ3v) is 5.20. The highest BCUT2D eigenvalue weighted by molar-refractivity contribution is 5.83. The number of hydrogen-bond acceptors (Lipinski definition) is 4. The molecule has 25 heavy (non-hydrogen) atoms. The van der Waals surface area contributed by atoms with Gasteiger partial charge in [0.15, 0.2) is 0 Å². The number of carbonyl (C=O) groups excluding carboxylic acids is 1. The molecule has 2 aromatic rings. The van der Waals surface area contributed by atoms with Gasteiger partial charge >= 0.3 is 0 Å². The first-order valence-corrected chi connectivity index (χ1v) is 8.76. The molecule has 1 fully saturated rings. The molecule has 2 heterocycles. The fourth-order valence-corrected chi connectivity index (χ4v) is 3.49. The van der Waals surface area contributed by atoms with Crippen LogP contribution in [0.3, 0.4) is 0 Å². The third kappa shape index (κ3) is 3.46. The van der Waals surface area contributed by atoms with Crippen molar-refractivity contribution < 1.29 is 9.90 Å². The number of aliphatic hydroxyl groups excluding tert-OH is 1. The zero-order valence-electron chi connectivity index (χ0n) is 15.3. The topological polar surface area (TPSA) is 91.2 Å². The van der Waals surface area contributed by atoms with Gasteiger partial charge in [-0.2, -0.15) is 5.10 Å². The molecular formula is C18H26N4O3. The van der Waals surface area contributed by atoms with Crippen LogP contribution < -0.4 is 5.56 Å². The highest BCUT2D eigenvalue weighted by atomic mass is 16.3. The Morgan fingerprint density at radius 3 is 2.76 bits per heavy atom. The molecule has 1 atom stereocenters. The van der Waals surface area contributed by atoms with Gasteiger partial charge in [-0.3, -0.25) is 14.3 Å². The Kier molecular flexibility index (Phi) is 4.69. The minimum absolute atomic E-state index is 0.0542. The van der Waals surface area contributed by atoms with E-state index in [0.717, 1.165) is 29.5 Å². The highest BCUT2D eigenvalue weighted by Crippen LogP contribution is 2.32. The Bertz CT molecular complexity index is 863. The molecule has 0 spiro atoms. The Morgan fingerprint density at radius 2 is 2.12 bits per heavy atom. The number of nitrogens with zero attached hydrogens (tertiary/aromatic N) is 3. The van der Waals surface area contributed by atoms with Crippen LogP contribution in [0.25, 0.3) is 11.0 Å². The predicted molar refractivity (Wildman–Crippen MR) is 95.5 cm³/mol. The Morgan fingerprint density at radius 1 is 1.44 bits per heavy atom. The molecule has 0 saturated heterocycles. The summed E-state index contributed by atoms with van der Waals surface area (Å²) in [5.74, 6) is 0.290. The number of likely N-dealkylation sites (N-methyl/N-ethyl adjacent to an activating group) is 1. The van der Waals surface area contributed by atoms with E-state index in [4.69, 9.17) is 0 Å². The summed E-state index contributed by atoms with van der Waals surface area (Å²) in [4.78, 5) is 29.2. The summed E-state index contributed by atoms with van der Waals surface area (Å²) in [7, 11) is 3.51. The summed E-state index contributed by atoms with van der Waals surface area (Å²) < 4.78 is 1.67. The maximum Gasteiger partial charge on any atom is 0.253 e. The van der Waals surface area contributed by atoms with Crippen LogP contribution in [-0.2, 0) is 18.3 Å². The number of carbonyl (C=O) groups is 1. The van der Waals surface area contributed by atoms with Crippen molar-refractivity contribution >= 4 is 16.9 Å². The molecule has 3 rings (SSSR count). The number of aromatic amines is 1. The number of aromatic nitrogens is 3. The molecule has 0 radical (unpaired) electrons. The summed E-state index contributed by atoms with van der Waals surface area (Å²) in [6, 6.07) is 0. The van der Waals surface area contributed by atoms with Crippen LogP contribution in [0.15, 0.2) is 4.79 Å². The van der Waals surface area contributed by atoms with Crippen molar-refractivity contribution in [3.8, 4) is 0 Å². The van der Waals surface area contributed by atoms with E-state index in [0.29, 0.717) is 30.1 Å². The molecule has 7 nitrogen and oxygen atoms in total. The fraction of sp³-hybridized carbons (Fsp3) is 0.611. The van der Waals surface area contributed by atoms with E-state index in [2.05, 4.69) is 10.1 Å². The lowest BCUT2D eigenvalue weighted by Crippen LogP contribution is -2.35. The summed E-state index contributed by atoms with van der Waals surface area (Å²) in [5, 5.41) is 15.3. The van der Waals surface area contributed by atoms with Gasteiger partial charge < -0.3 is 15.0 Å². The van der Waals surface area contributed by atoms with Gasteiger partial charge in [0.1, 0.15) is 5.65 Å². The standard InChI is InChI=1S/C18H26N4O3/c1-10-13(18(25)19-17-16(10)11(2)20-22(17)4)7-8-15(24)21(3)9-14(23)12-5-6-12/h12,14,23H,5-9H2,1-4H3,(H,19,25). The van der Waals surface area contributed by atoms with Crippen molar-refractivity contribution in [3.63, 3.8) is 0 Å². The van der Waals surface area contributed by atoms with Crippen LogP contribution >= 0.6 is 0 Å². The van der Waals surface area contributed by atoms with E-state index in [9.17, 15) is 14.7 Å². The van der Waals surface area contributed by atoms with E-state index in [1.807, 2.05) is 13.8 Å². The molecule has 1 amide bonds. The molecule has 2 aromatic heterocycles. The number of pyridine rings is 1. The van der Waals surface area contributed by atoms with E-state index in [1.54, 1.807) is 23.7 Å². The SMILES string of the molecule is Cc1nn(C)c2[nH]c(=O)c(CCC(=O)N(C)CC(O)C3CC3)c(C)c12. The lowest BCUT2D eigenvalue weighted by atomic mass is 10.0. The zero-order chi connectivity index (χ0) is 18.3. The van der Waals surface area contributed by atoms with Gasteiger partial charge in [-0.1, -0.05) is 0 Å². The molecule has 2 N–H and O–H groups in total. The molecule has 7 heteroatoms. The molecular weight excluding hydrogens is 320 g/mol. The summed E-state index contributed by atoms with van der Waals surface area (Å²) in [6.07, 6.45) is 2.29. The van der Waals surface area contributed by atoms with E-state index in [1.165, 1.54) is 0 Å². The fourth-order valence-electron chi connectivity index (χ4n) is 3.49. The lowest BCUT2D eigenvalue weighted by Gasteiger charge is -2.20.